The molecule has 2 rings (SSSR count). The number of primary amides is 1. The maximum absolute atomic E-state index is 11.5. The van der Waals surface area contributed by atoms with Gasteiger partial charge in [0, 0.05) is 6.61 Å². The molecule has 21 heavy (non-hydrogen) atoms. The van der Waals surface area contributed by atoms with Crippen LogP contribution in [-0.4, -0.2) is 31.3 Å². The number of ether oxygens (including phenoxy) is 2. The van der Waals surface area contributed by atoms with Gasteiger partial charge in [-0.05, 0) is 37.3 Å². The number of rotatable bonds is 8. The van der Waals surface area contributed by atoms with E-state index in [0.29, 0.717) is 26.2 Å². The Morgan fingerprint density at radius 3 is 2.71 bits per heavy atom. The predicted octanol–water partition coefficient (Wildman–Crippen LogP) is 1.45. The molecule has 1 fully saturated rings. The second-order valence-corrected chi connectivity index (χ2v) is 5.56. The molecule has 0 spiro atoms. The summed E-state index contributed by atoms with van der Waals surface area (Å²) in [5, 5.41) is 0. The van der Waals surface area contributed by atoms with Crippen LogP contribution in [0.1, 0.15) is 25.7 Å². The molecule has 0 heterocycles. The topological polar surface area (TPSA) is 87.6 Å². The molecule has 1 amide bonds. The number of amides is 1. The highest BCUT2D eigenvalue weighted by Crippen LogP contribution is 2.35. The Hall–Kier alpha value is -1.59. The smallest absolute Gasteiger partial charge is 0.237 e. The van der Waals surface area contributed by atoms with Crippen LogP contribution in [0.4, 0.5) is 0 Å². The second kappa shape index (κ2) is 7.43. The van der Waals surface area contributed by atoms with Crippen molar-refractivity contribution < 1.29 is 14.3 Å². The van der Waals surface area contributed by atoms with Crippen LogP contribution >= 0.6 is 0 Å². The van der Waals surface area contributed by atoms with Gasteiger partial charge in [0.1, 0.15) is 12.4 Å². The summed E-state index contributed by atoms with van der Waals surface area (Å²) in [4.78, 5) is 11.5. The highest BCUT2D eigenvalue weighted by molar-refractivity contribution is 5.85. The molecule has 0 bridgehead atoms. The average molecular weight is 292 g/mol. The molecule has 0 aliphatic heterocycles. The van der Waals surface area contributed by atoms with Gasteiger partial charge >= 0.3 is 0 Å². The molecule has 5 heteroatoms. The first-order valence-electron chi connectivity index (χ1n) is 7.47. The molecule has 1 aliphatic carbocycles. The fourth-order valence-electron chi connectivity index (χ4n) is 2.89. The summed E-state index contributed by atoms with van der Waals surface area (Å²) in [5.41, 5.74) is 10.7. The summed E-state index contributed by atoms with van der Waals surface area (Å²) in [5.74, 6) is 0.578. The molecule has 116 valence electrons. The molecule has 1 saturated carbocycles. The fraction of sp³-hybridized carbons (Fsp3) is 0.562. The van der Waals surface area contributed by atoms with Crippen molar-refractivity contribution >= 4 is 5.91 Å². The van der Waals surface area contributed by atoms with Crippen LogP contribution in [0.5, 0.6) is 5.75 Å². The monoisotopic (exact) mass is 292 g/mol. The summed E-state index contributed by atoms with van der Waals surface area (Å²) in [6.07, 6.45) is 3.36. The molecule has 0 saturated heterocycles. The number of benzene rings is 1. The van der Waals surface area contributed by atoms with Gasteiger partial charge in [-0.2, -0.15) is 0 Å². The Morgan fingerprint density at radius 1 is 1.24 bits per heavy atom. The minimum atomic E-state index is -0.843. The normalized spacial score (nSPS) is 24.9. The van der Waals surface area contributed by atoms with Gasteiger partial charge < -0.3 is 20.9 Å². The van der Waals surface area contributed by atoms with E-state index in [4.69, 9.17) is 20.9 Å². The van der Waals surface area contributed by atoms with E-state index in [9.17, 15) is 4.79 Å². The summed E-state index contributed by atoms with van der Waals surface area (Å²) < 4.78 is 11.1. The highest BCUT2D eigenvalue weighted by atomic mass is 16.5. The van der Waals surface area contributed by atoms with Crippen LogP contribution in [0.25, 0.3) is 0 Å². The molecule has 5 nitrogen and oxygen atoms in total. The number of para-hydroxylation sites is 1. The zero-order chi connectivity index (χ0) is 15.1. The lowest BCUT2D eigenvalue weighted by atomic mass is 9.85. The van der Waals surface area contributed by atoms with Crippen LogP contribution in [0, 0.1) is 5.92 Å². The molecule has 1 aliphatic rings. The molecule has 0 aromatic heterocycles. The number of nitrogens with two attached hydrogens (primary N) is 2. The highest BCUT2D eigenvalue weighted by Gasteiger charge is 2.43. The Balaban J connectivity index is 1.61. The number of carbonyl (C=O) groups excluding carboxylic acids is 1. The Labute approximate surface area is 125 Å². The summed E-state index contributed by atoms with van der Waals surface area (Å²) >= 11 is 0. The predicted molar refractivity (Wildman–Crippen MR) is 80.8 cm³/mol. The van der Waals surface area contributed by atoms with E-state index in [-0.39, 0.29) is 5.92 Å². The average Bonchev–Trinajstić information content (AvgIpc) is 2.86. The largest absolute Gasteiger partial charge is 0.491 e. The van der Waals surface area contributed by atoms with Crippen LogP contribution < -0.4 is 16.2 Å². The van der Waals surface area contributed by atoms with Gasteiger partial charge in [0.05, 0.1) is 12.1 Å². The zero-order valence-corrected chi connectivity index (χ0v) is 12.3. The summed E-state index contributed by atoms with van der Waals surface area (Å²) in [6, 6.07) is 9.63. The van der Waals surface area contributed by atoms with Crippen molar-refractivity contribution in [3.63, 3.8) is 0 Å². The van der Waals surface area contributed by atoms with Gasteiger partial charge in [-0.1, -0.05) is 24.6 Å². The van der Waals surface area contributed by atoms with Gasteiger partial charge in [-0.3, -0.25) is 4.79 Å². The van der Waals surface area contributed by atoms with E-state index in [2.05, 4.69) is 0 Å². The second-order valence-electron chi connectivity index (χ2n) is 5.56. The third-order valence-corrected chi connectivity index (χ3v) is 4.18. The number of hydrogen-bond acceptors (Lipinski definition) is 4. The summed E-state index contributed by atoms with van der Waals surface area (Å²) in [7, 11) is 0. The van der Waals surface area contributed by atoms with Crippen molar-refractivity contribution in [2.75, 3.05) is 19.8 Å². The first-order chi connectivity index (χ1) is 10.1. The summed E-state index contributed by atoms with van der Waals surface area (Å²) in [6.45, 7) is 1.61. The first kappa shape index (κ1) is 15.8. The van der Waals surface area contributed by atoms with Gasteiger partial charge in [-0.25, -0.2) is 0 Å². The van der Waals surface area contributed by atoms with Crippen molar-refractivity contribution in [3.8, 4) is 5.75 Å². The van der Waals surface area contributed by atoms with Crippen molar-refractivity contribution in [2.24, 2.45) is 17.4 Å². The Kier molecular flexibility index (Phi) is 5.59. The van der Waals surface area contributed by atoms with Crippen LogP contribution in [-0.2, 0) is 9.53 Å². The van der Waals surface area contributed by atoms with Crippen molar-refractivity contribution in [2.45, 2.75) is 31.2 Å². The molecule has 1 aromatic rings. The molecular formula is C16H24N2O3. The molecule has 4 N–H and O–H groups in total. The van der Waals surface area contributed by atoms with Crippen molar-refractivity contribution in [3.05, 3.63) is 30.3 Å². The Bertz CT molecular complexity index is 452. The molecule has 0 radical (unpaired) electrons. The van der Waals surface area contributed by atoms with Crippen LogP contribution in [0.2, 0.25) is 0 Å². The lowest BCUT2D eigenvalue weighted by Gasteiger charge is -2.27. The van der Waals surface area contributed by atoms with Gasteiger partial charge in [0.2, 0.25) is 5.91 Å². The quantitative estimate of drug-likeness (QED) is 0.710. The van der Waals surface area contributed by atoms with Crippen molar-refractivity contribution in [1.29, 1.82) is 0 Å². The standard InChI is InChI=1S/C16H24N2O3/c17-15(19)16(18)9-4-5-13(16)8-10-20-11-12-21-14-6-2-1-3-7-14/h1-3,6-7,13H,4-5,8-12,18H2,(H2,17,19). The lowest BCUT2D eigenvalue weighted by Crippen LogP contribution is -2.54. The molecule has 2 unspecified atom stereocenters. The van der Waals surface area contributed by atoms with E-state index >= 15 is 0 Å². The van der Waals surface area contributed by atoms with Crippen LogP contribution in [0.3, 0.4) is 0 Å². The van der Waals surface area contributed by atoms with E-state index in [1.165, 1.54) is 0 Å². The molecule has 2 atom stereocenters. The van der Waals surface area contributed by atoms with Crippen molar-refractivity contribution in [1.82, 2.24) is 0 Å². The van der Waals surface area contributed by atoms with Gasteiger partial charge in [0.25, 0.3) is 0 Å². The minimum Gasteiger partial charge on any atom is -0.491 e. The van der Waals surface area contributed by atoms with E-state index in [1.807, 2.05) is 30.3 Å². The minimum absolute atomic E-state index is 0.130. The SMILES string of the molecule is NC(=O)C1(N)CCCC1CCOCCOc1ccccc1. The number of hydrogen-bond donors (Lipinski definition) is 2. The van der Waals surface area contributed by atoms with E-state index < -0.39 is 11.4 Å². The van der Waals surface area contributed by atoms with E-state index in [1.54, 1.807) is 0 Å². The third-order valence-electron chi connectivity index (χ3n) is 4.18. The van der Waals surface area contributed by atoms with Gasteiger partial charge in [0.15, 0.2) is 0 Å². The maximum atomic E-state index is 11.5. The van der Waals surface area contributed by atoms with Crippen LogP contribution in [0.15, 0.2) is 30.3 Å². The molecule has 1 aromatic carbocycles. The van der Waals surface area contributed by atoms with Gasteiger partial charge in [-0.15, -0.1) is 0 Å². The Morgan fingerprint density at radius 2 is 2.00 bits per heavy atom. The molecular weight excluding hydrogens is 268 g/mol. The fourth-order valence-corrected chi connectivity index (χ4v) is 2.89. The lowest BCUT2D eigenvalue weighted by molar-refractivity contribution is -0.124. The zero-order valence-electron chi connectivity index (χ0n) is 12.3. The maximum Gasteiger partial charge on any atom is 0.237 e. The number of carbonyl (C=O) groups is 1. The third kappa shape index (κ3) is 4.19. The first-order valence-corrected chi connectivity index (χ1v) is 7.47. The van der Waals surface area contributed by atoms with E-state index in [0.717, 1.165) is 25.0 Å².